The lowest BCUT2D eigenvalue weighted by atomic mass is 10.1. The third kappa shape index (κ3) is 3.97. The lowest BCUT2D eigenvalue weighted by molar-refractivity contribution is 0.102. The predicted octanol–water partition coefficient (Wildman–Crippen LogP) is 4.75. The summed E-state index contributed by atoms with van der Waals surface area (Å²) in [6, 6.07) is 17.0. The number of rotatable bonds is 6. The minimum Gasteiger partial charge on any atom is -0.497 e. The van der Waals surface area contributed by atoms with Gasteiger partial charge in [-0.2, -0.15) is 0 Å². The molecule has 140 valence electrons. The summed E-state index contributed by atoms with van der Waals surface area (Å²) in [5.41, 5.74) is 4.50. The van der Waals surface area contributed by atoms with Crippen LogP contribution >= 0.6 is 0 Å². The zero-order valence-corrected chi connectivity index (χ0v) is 16.1. The number of nitrogens with one attached hydrogen (secondary N) is 1. The molecule has 0 fully saturated rings. The Morgan fingerprint density at radius 3 is 2.26 bits per heavy atom. The summed E-state index contributed by atoms with van der Waals surface area (Å²) in [4.78, 5) is 12.7. The highest BCUT2D eigenvalue weighted by Crippen LogP contribution is 2.29. The molecule has 0 spiro atoms. The summed E-state index contributed by atoms with van der Waals surface area (Å²) in [6.45, 7) is 6.54. The number of benzene rings is 2. The Balaban J connectivity index is 1.83. The maximum Gasteiger partial charge on any atom is 0.255 e. The molecule has 1 aromatic heterocycles. The first-order chi connectivity index (χ1) is 13.0. The molecule has 27 heavy (non-hydrogen) atoms. The number of aryl methyl sites for hydroxylation is 2. The Labute approximate surface area is 159 Å². The molecule has 2 aromatic carbocycles. The van der Waals surface area contributed by atoms with E-state index in [9.17, 15) is 4.79 Å². The van der Waals surface area contributed by atoms with Crippen LogP contribution < -0.4 is 14.8 Å². The van der Waals surface area contributed by atoms with E-state index in [4.69, 9.17) is 9.47 Å². The summed E-state index contributed by atoms with van der Waals surface area (Å²) in [5.74, 6) is 1.07. The molecule has 1 amide bonds. The Bertz CT molecular complexity index is 923. The monoisotopic (exact) mass is 364 g/mol. The molecule has 0 saturated heterocycles. The van der Waals surface area contributed by atoms with Crippen LogP contribution in [0.4, 0.5) is 5.69 Å². The quantitative estimate of drug-likeness (QED) is 0.686. The molecule has 1 heterocycles. The van der Waals surface area contributed by atoms with Crippen LogP contribution in [-0.2, 0) is 0 Å². The van der Waals surface area contributed by atoms with Crippen LogP contribution in [0.1, 0.15) is 28.7 Å². The number of amides is 1. The van der Waals surface area contributed by atoms with Gasteiger partial charge in [0.1, 0.15) is 11.5 Å². The maximum atomic E-state index is 12.7. The first-order valence-corrected chi connectivity index (χ1v) is 8.91. The van der Waals surface area contributed by atoms with Gasteiger partial charge >= 0.3 is 0 Å². The molecule has 0 bridgehead atoms. The number of nitrogens with zero attached hydrogens (tertiary/aromatic N) is 1. The zero-order chi connectivity index (χ0) is 19.4. The van der Waals surface area contributed by atoms with E-state index in [-0.39, 0.29) is 5.91 Å². The van der Waals surface area contributed by atoms with Crippen LogP contribution in [-0.4, -0.2) is 24.2 Å². The van der Waals surface area contributed by atoms with Crippen molar-refractivity contribution in [1.82, 2.24) is 4.57 Å². The normalized spacial score (nSPS) is 10.5. The molecule has 0 aliphatic heterocycles. The topological polar surface area (TPSA) is 52.5 Å². The fraction of sp³-hybridized carbons (Fsp3) is 0.227. The number of carbonyl (C=O) groups is 1. The third-order valence-electron chi connectivity index (χ3n) is 4.39. The molecule has 0 aliphatic carbocycles. The SMILES string of the molecule is CCOc1ccc(OC)cc1NC(=O)c1ccc(-n2c(C)ccc2C)cc1. The van der Waals surface area contributed by atoms with Gasteiger partial charge in [0.25, 0.3) is 5.91 Å². The van der Waals surface area contributed by atoms with Crippen molar-refractivity contribution >= 4 is 11.6 Å². The maximum absolute atomic E-state index is 12.7. The number of methoxy groups -OCH3 is 1. The lowest BCUT2D eigenvalue weighted by Crippen LogP contribution is -2.13. The second-order valence-corrected chi connectivity index (χ2v) is 6.25. The number of hydrogen-bond donors (Lipinski definition) is 1. The highest BCUT2D eigenvalue weighted by Gasteiger charge is 2.12. The second-order valence-electron chi connectivity index (χ2n) is 6.25. The minimum atomic E-state index is -0.197. The number of aromatic nitrogens is 1. The number of ether oxygens (including phenoxy) is 2. The van der Waals surface area contributed by atoms with Crippen LogP contribution in [0, 0.1) is 13.8 Å². The fourth-order valence-corrected chi connectivity index (χ4v) is 3.05. The standard InChI is InChI=1S/C22H24N2O3/c1-5-27-21-13-12-19(26-4)14-20(21)23-22(25)17-8-10-18(11-9-17)24-15(2)6-7-16(24)3/h6-14H,5H2,1-4H3,(H,23,25). The van der Waals surface area contributed by atoms with Gasteiger partial charge in [-0.05, 0) is 69.3 Å². The van der Waals surface area contributed by atoms with Crippen LogP contribution in [0.3, 0.4) is 0 Å². The highest BCUT2D eigenvalue weighted by molar-refractivity contribution is 6.05. The smallest absolute Gasteiger partial charge is 0.255 e. The summed E-state index contributed by atoms with van der Waals surface area (Å²) in [7, 11) is 1.59. The molecule has 0 aliphatic rings. The van der Waals surface area contributed by atoms with Crippen LogP contribution in [0.2, 0.25) is 0 Å². The average Bonchev–Trinajstić information content (AvgIpc) is 3.01. The van der Waals surface area contributed by atoms with Gasteiger partial charge in [-0.3, -0.25) is 4.79 Å². The second kappa shape index (κ2) is 7.99. The Kier molecular flexibility index (Phi) is 5.50. The van der Waals surface area contributed by atoms with Crippen LogP contribution in [0.25, 0.3) is 5.69 Å². The van der Waals surface area contributed by atoms with E-state index < -0.39 is 0 Å². The molecule has 5 nitrogen and oxygen atoms in total. The van der Waals surface area contributed by atoms with Gasteiger partial charge in [0, 0.05) is 28.7 Å². The first-order valence-electron chi connectivity index (χ1n) is 8.91. The highest BCUT2D eigenvalue weighted by atomic mass is 16.5. The molecule has 0 atom stereocenters. The van der Waals surface area contributed by atoms with Gasteiger partial charge in [0.15, 0.2) is 0 Å². The summed E-state index contributed by atoms with van der Waals surface area (Å²) in [5, 5.41) is 2.91. The van der Waals surface area contributed by atoms with Gasteiger partial charge in [-0.1, -0.05) is 0 Å². The number of carbonyl (C=O) groups excluding carboxylic acids is 1. The Morgan fingerprint density at radius 2 is 1.67 bits per heavy atom. The summed E-state index contributed by atoms with van der Waals surface area (Å²) in [6.07, 6.45) is 0. The van der Waals surface area contributed by atoms with Gasteiger partial charge in [0.05, 0.1) is 19.4 Å². The molecule has 3 rings (SSSR count). The van der Waals surface area contributed by atoms with Crippen LogP contribution in [0.15, 0.2) is 54.6 Å². The fourth-order valence-electron chi connectivity index (χ4n) is 3.05. The lowest BCUT2D eigenvalue weighted by Gasteiger charge is -2.14. The minimum absolute atomic E-state index is 0.197. The molecule has 0 saturated carbocycles. The third-order valence-corrected chi connectivity index (χ3v) is 4.39. The first kappa shape index (κ1) is 18.6. The molecule has 0 radical (unpaired) electrons. The molecular weight excluding hydrogens is 340 g/mol. The molecule has 0 unspecified atom stereocenters. The largest absolute Gasteiger partial charge is 0.497 e. The van der Waals surface area contributed by atoms with E-state index in [1.807, 2.05) is 31.2 Å². The molecule has 5 heteroatoms. The van der Waals surface area contributed by atoms with E-state index in [1.54, 1.807) is 25.3 Å². The Morgan fingerprint density at radius 1 is 1.00 bits per heavy atom. The van der Waals surface area contributed by atoms with Crippen molar-refractivity contribution in [1.29, 1.82) is 0 Å². The summed E-state index contributed by atoms with van der Waals surface area (Å²) < 4.78 is 13.0. The number of hydrogen-bond acceptors (Lipinski definition) is 3. The van der Waals surface area contributed by atoms with Crippen molar-refractivity contribution in [3.63, 3.8) is 0 Å². The number of anilines is 1. The van der Waals surface area contributed by atoms with Crippen molar-refractivity contribution < 1.29 is 14.3 Å². The Hall–Kier alpha value is -3.21. The average molecular weight is 364 g/mol. The van der Waals surface area contributed by atoms with Crippen molar-refractivity contribution in [2.75, 3.05) is 19.0 Å². The van der Waals surface area contributed by atoms with Crippen molar-refractivity contribution in [2.24, 2.45) is 0 Å². The van der Waals surface area contributed by atoms with Crippen molar-refractivity contribution in [2.45, 2.75) is 20.8 Å². The predicted molar refractivity (Wildman–Crippen MR) is 107 cm³/mol. The molecule has 3 aromatic rings. The zero-order valence-electron chi connectivity index (χ0n) is 16.1. The van der Waals surface area contributed by atoms with Gasteiger partial charge < -0.3 is 19.4 Å². The van der Waals surface area contributed by atoms with E-state index in [1.165, 1.54) is 0 Å². The van der Waals surface area contributed by atoms with Gasteiger partial charge in [-0.15, -0.1) is 0 Å². The van der Waals surface area contributed by atoms with Gasteiger partial charge in [0.2, 0.25) is 0 Å². The van der Waals surface area contributed by atoms with E-state index in [2.05, 4.69) is 35.9 Å². The van der Waals surface area contributed by atoms with E-state index in [0.717, 1.165) is 17.1 Å². The van der Waals surface area contributed by atoms with E-state index in [0.29, 0.717) is 29.4 Å². The molecular formula is C22H24N2O3. The van der Waals surface area contributed by atoms with Gasteiger partial charge in [-0.25, -0.2) is 0 Å². The summed E-state index contributed by atoms with van der Waals surface area (Å²) >= 11 is 0. The van der Waals surface area contributed by atoms with Crippen molar-refractivity contribution in [3.05, 3.63) is 71.5 Å². The molecule has 1 N–H and O–H groups in total. The van der Waals surface area contributed by atoms with Crippen molar-refractivity contribution in [3.8, 4) is 17.2 Å². The van der Waals surface area contributed by atoms with E-state index >= 15 is 0 Å². The van der Waals surface area contributed by atoms with Crippen LogP contribution in [0.5, 0.6) is 11.5 Å².